The molecule has 5 nitrogen and oxygen atoms in total. The van der Waals surface area contributed by atoms with Crippen molar-refractivity contribution in [2.45, 2.75) is 4.90 Å². The molecular weight excluding hydrogens is 394 g/mol. The second-order valence-corrected chi connectivity index (χ2v) is 7.22. The topological polar surface area (TPSA) is 64.6 Å². The minimum atomic E-state index is -3.82. The summed E-state index contributed by atoms with van der Waals surface area (Å²) < 4.78 is 38.2. The van der Waals surface area contributed by atoms with Gasteiger partial charge >= 0.3 is 0 Å². The molecule has 0 saturated carbocycles. The number of halogens is 2. The molecule has 0 aliphatic carbocycles. The largest absolute Gasteiger partial charge is 0.495 e. The van der Waals surface area contributed by atoms with Crippen LogP contribution in [-0.4, -0.2) is 22.6 Å². The fourth-order valence-corrected chi connectivity index (χ4v) is 3.82. The van der Waals surface area contributed by atoms with Crippen LogP contribution in [0.5, 0.6) is 11.5 Å². The normalized spacial score (nSPS) is 11.1. The Morgan fingerprint density at radius 1 is 1.05 bits per heavy atom. The summed E-state index contributed by atoms with van der Waals surface area (Å²) in [5, 5.41) is 0.309. The Balaban J connectivity index is 2.40. The van der Waals surface area contributed by atoms with Crippen LogP contribution in [0.2, 0.25) is 5.02 Å². The van der Waals surface area contributed by atoms with Gasteiger partial charge < -0.3 is 9.47 Å². The quantitative estimate of drug-likeness (QED) is 0.817. The predicted molar refractivity (Wildman–Crippen MR) is 89.5 cm³/mol. The van der Waals surface area contributed by atoms with Crippen LogP contribution in [0.3, 0.4) is 0 Å². The van der Waals surface area contributed by atoms with Gasteiger partial charge in [0.05, 0.1) is 24.9 Å². The average Bonchev–Trinajstić information content (AvgIpc) is 2.47. The van der Waals surface area contributed by atoms with Gasteiger partial charge in [-0.2, -0.15) is 0 Å². The van der Waals surface area contributed by atoms with Crippen LogP contribution in [0, 0.1) is 0 Å². The van der Waals surface area contributed by atoms with Gasteiger partial charge in [0.25, 0.3) is 10.0 Å². The van der Waals surface area contributed by atoms with Crippen molar-refractivity contribution in [3.05, 3.63) is 45.9 Å². The van der Waals surface area contributed by atoms with Gasteiger partial charge in [0.15, 0.2) is 0 Å². The lowest BCUT2D eigenvalue weighted by Gasteiger charge is -2.13. The highest BCUT2D eigenvalue weighted by molar-refractivity contribution is 9.10. The Kier molecular flexibility index (Phi) is 5.20. The van der Waals surface area contributed by atoms with Crippen LogP contribution < -0.4 is 14.2 Å². The van der Waals surface area contributed by atoms with E-state index in [2.05, 4.69) is 20.7 Å². The zero-order valence-electron chi connectivity index (χ0n) is 11.8. The Morgan fingerprint density at radius 3 is 2.27 bits per heavy atom. The molecule has 0 atom stereocenters. The minimum absolute atomic E-state index is 0.0244. The highest BCUT2D eigenvalue weighted by Crippen LogP contribution is 2.31. The molecule has 8 heteroatoms. The second-order valence-electron chi connectivity index (χ2n) is 4.25. The van der Waals surface area contributed by atoms with Crippen molar-refractivity contribution in [2.75, 3.05) is 18.9 Å². The molecule has 0 saturated heterocycles. The Hall–Kier alpha value is -1.44. The molecule has 118 valence electrons. The fraction of sp³-hybridized carbons (Fsp3) is 0.143. The molecule has 0 aliphatic rings. The molecule has 22 heavy (non-hydrogen) atoms. The molecule has 0 unspecified atom stereocenters. The SMILES string of the molecule is COc1ccc(NS(=O)(=O)c2cc(Br)ccc2OC)cc1Cl. The lowest BCUT2D eigenvalue weighted by Crippen LogP contribution is -2.14. The number of hydrogen-bond acceptors (Lipinski definition) is 4. The molecule has 0 bridgehead atoms. The van der Waals surface area contributed by atoms with E-state index in [1.54, 1.807) is 24.3 Å². The molecule has 0 aliphatic heterocycles. The molecule has 2 aromatic carbocycles. The van der Waals surface area contributed by atoms with E-state index in [1.165, 1.54) is 26.4 Å². The standard InChI is InChI=1S/C14H13BrClNO4S/c1-20-12-6-4-10(8-11(12)16)17-22(18,19)14-7-9(15)3-5-13(14)21-2/h3-8,17H,1-2H3. The van der Waals surface area contributed by atoms with Gasteiger partial charge in [-0.1, -0.05) is 27.5 Å². The van der Waals surface area contributed by atoms with Gasteiger partial charge in [0.2, 0.25) is 0 Å². The van der Waals surface area contributed by atoms with Crippen LogP contribution in [0.1, 0.15) is 0 Å². The van der Waals surface area contributed by atoms with Crippen molar-refractivity contribution < 1.29 is 17.9 Å². The Morgan fingerprint density at radius 2 is 1.68 bits per heavy atom. The Labute approximate surface area is 142 Å². The van der Waals surface area contributed by atoms with E-state index in [4.69, 9.17) is 21.1 Å². The van der Waals surface area contributed by atoms with Crippen molar-refractivity contribution in [3.63, 3.8) is 0 Å². The van der Waals surface area contributed by atoms with Crippen molar-refractivity contribution >= 4 is 43.2 Å². The average molecular weight is 407 g/mol. The zero-order valence-corrected chi connectivity index (χ0v) is 14.9. The molecule has 0 heterocycles. The van der Waals surface area contributed by atoms with E-state index in [0.717, 1.165) is 0 Å². The summed E-state index contributed by atoms with van der Waals surface area (Å²) in [6.45, 7) is 0. The smallest absolute Gasteiger partial charge is 0.265 e. The van der Waals surface area contributed by atoms with E-state index in [1.807, 2.05) is 0 Å². The molecule has 0 spiro atoms. The number of rotatable bonds is 5. The van der Waals surface area contributed by atoms with E-state index < -0.39 is 10.0 Å². The van der Waals surface area contributed by atoms with Gasteiger partial charge in [0, 0.05) is 4.47 Å². The van der Waals surface area contributed by atoms with Crippen LogP contribution >= 0.6 is 27.5 Å². The summed E-state index contributed by atoms with van der Waals surface area (Å²) in [6.07, 6.45) is 0. The number of hydrogen-bond donors (Lipinski definition) is 1. The number of benzene rings is 2. The first-order chi connectivity index (χ1) is 10.4. The van der Waals surface area contributed by atoms with E-state index in [-0.39, 0.29) is 10.6 Å². The highest BCUT2D eigenvalue weighted by Gasteiger charge is 2.20. The van der Waals surface area contributed by atoms with Crippen molar-refractivity contribution in [2.24, 2.45) is 0 Å². The first-order valence-electron chi connectivity index (χ1n) is 6.07. The molecule has 0 amide bonds. The molecular formula is C14H13BrClNO4S. The zero-order chi connectivity index (χ0) is 16.3. The summed E-state index contributed by atoms with van der Waals surface area (Å²) in [5.74, 6) is 0.708. The van der Waals surface area contributed by atoms with E-state index in [0.29, 0.717) is 20.9 Å². The molecule has 0 aromatic heterocycles. The lowest BCUT2D eigenvalue weighted by atomic mass is 10.3. The number of sulfonamides is 1. The second kappa shape index (κ2) is 6.76. The van der Waals surface area contributed by atoms with E-state index in [9.17, 15) is 8.42 Å². The Bertz CT molecular complexity index is 795. The summed E-state index contributed by atoms with van der Waals surface area (Å²) in [6, 6.07) is 9.35. The number of nitrogens with one attached hydrogen (secondary N) is 1. The van der Waals surface area contributed by atoms with Crippen LogP contribution in [0.15, 0.2) is 45.8 Å². The molecule has 1 N–H and O–H groups in total. The molecule has 0 radical (unpaired) electrons. The lowest BCUT2D eigenvalue weighted by molar-refractivity contribution is 0.403. The summed E-state index contributed by atoms with van der Waals surface area (Å²) >= 11 is 9.24. The van der Waals surface area contributed by atoms with Gasteiger partial charge in [-0.05, 0) is 36.4 Å². The van der Waals surface area contributed by atoms with Crippen LogP contribution in [-0.2, 0) is 10.0 Å². The van der Waals surface area contributed by atoms with Crippen LogP contribution in [0.4, 0.5) is 5.69 Å². The van der Waals surface area contributed by atoms with Gasteiger partial charge in [-0.25, -0.2) is 8.42 Å². The number of methoxy groups -OCH3 is 2. The third kappa shape index (κ3) is 3.66. The highest BCUT2D eigenvalue weighted by atomic mass is 79.9. The van der Waals surface area contributed by atoms with E-state index >= 15 is 0 Å². The molecule has 2 aromatic rings. The van der Waals surface area contributed by atoms with Crippen molar-refractivity contribution in [3.8, 4) is 11.5 Å². The van der Waals surface area contributed by atoms with Crippen molar-refractivity contribution in [1.29, 1.82) is 0 Å². The summed E-state index contributed by atoms with van der Waals surface area (Å²) in [4.78, 5) is 0.0244. The fourth-order valence-electron chi connectivity index (χ4n) is 1.80. The van der Waals surface area contributed by atoms with Crippen molar-refractivity contribution in [1.82, 2.24) is 0 Å². The van der Waals surface area contributed by atoms with Gasteiger partial charge in [0.1, 0.15) is 16.4 Å². The number of ether oxygens (including phenoxy) is 2. The maximum absolute atomic E-state index is 12.5. The van der Waals surface area contributed by atoms with Gasteiger partial charge in [-0.3, -0.25) is 4.72 Å². The summed E-state index contributed by atoms with van der Waals surface area (Å²) in [5.41, 5.74) is 0.327. The molecule has 0 fully saturated rings. The minimum Gasteiger partial charge on any atom is -0.495 e. The maximum atomic E-state index is 12.5. The third-order valence-electron chi connectivity index (χ3n) is 2.82. The predicted octanol–water partition coefficient (Wildman–Crippen LogP) is 3.92. The van der Waals surface area contributed by atoms with Crippen LogP contribution in [0.25, 0.3) is 0 Å². The third-order valence-corrected chi connectivity index (χ3v) is 5.01. The first-order valence-corrected chi connectivity index (χ1v) is 8.72. The molecule has 2 rings (SSSR count). The monoisotopic (exact) mass is 405 g/mol. The maximum Gasteiger partial charge on any atom is 0.265 e. The number of anilines is 1. The summed E-state index contributed by atoms with van der Waals surface area (Å²) in [7, 11) is -0.927. The van der Waals surface area contributed by atoms with Gasteiger partial charge in [-0.15, -0.1) is 0 Å². The first kappa shape index (κ1) is 16.9.